The Balaban J connectivity index is 2.71. The van der Waals surface area contributed by atoms with E-state index in [2.05, 4.69) is 15.9 Å². The summed E-state index contributed by atoms with van der Waals surface area (Å²) >= 11 is 3.33. The van der Waals surface area contributed by atoms with E-state index >= 15 is 0 Å². The van der Waals surface area contributed by atoms with E-state index in [1.54, 1.807) is 19.2 Å². The molecule has 1 atom stereocenters. The molecule has 5 heteroatoms. The van der Waals surface area contributed by atoms with Crippen molar-refractivity contribution in [1.82, 2.24) is 0 Å². The van der Waals surface area contributed by atoms with Gasteiger partial charge < -0.3 is 10.5 Å². The summed E-state index contributed by atoms with van der Waals surface area (Å²) in [5, 5.41) is 0. The van der Waals surface area contributed by atoms with Crippen molar-refractivity contribution in [1.29, 1.82) is 0 Å². The van der Waals surface area contributed by atoms with Gasteiger partial charge in [0.15, 0.2) is 0 Å². The summed E-state index contributed by atoms with van der Waals surface area (Å²) in [6.07, 6.45) is 0.728. The van der Waals surface area contributed by atoms with E-state index in [1.165, 1.54) is 0 Å². The number of benzene rings is 1. The molecule has 1 aromatic rings. The standard InChI is InChI=1S/C12H18BrNO2S/c1-12(2,16-3)6-7-17(15)11-5-4-9(13)8-10(11)14/h4-5,8H,6-7,14H2,1-3H3. The number of ether oxygens (including phenoxy) is 1. The molecule has 0 bridgehead atoms. The zero-order valence-electron chi connectivity index (χ0n) is 10.3. The second-order valence-electron chi connectivity index (χ2n) is 4.45. The summed E-state index contributed by atoms with van der Waals surface area (Å²) in [5.41, 5.74) is 6.15. The molecule has 0 aliphatic carbocycles. The van der Waals surface area contributed by atoms with Gasteiger partial charge in [0.1, 0.15) is 0 Å². The maximum Gasteiger partial charge on any atom is 0.0631 e. The van der Waals surface area contributed by atoms with Gasteiger partial charge in [0.2, 0.25) is 0 Å². The third-order valence-electron chi connectivity index (χ3n) is 2.66. The van der Waals surface area contributed by atoms with Gasteiger partial charge in [-0.3, -0.25) is 4.21 Å². The second-order valence-corrected chi connectivity index (χ2v) is 6.90. The zero-order valence-corrected chi connectivity index (χ0v) is 12.7. The van der Waals surface area contributed by atoms with Crippen molar-refractivity contribution in [3.05, 3.63) is 22.7 Å². The van der Waals surface area contributed by atoms with Crippen LogP contribution in [0, 0.1) is 0 Å². The minimum absolute atomic E-state index is 0.250. The molecule has 0 spiro atoms. The number of methoxy groups -OCH3 is 1. The van der Waals surface area contributed by atoms with E-state index in [0.29, 0.717) is 16.3 Å². The number of hydrogen-bond donors (Lipinski definition) is 1. The van der Waals surface area contributed by atoms with E-state index in [4.69, 9.17) is 10.5 Å². The zero-order chi connectivity index (χ0) is 13.1. The van der Waals surface area contributed by atoms with Crippen LogP contribution in [0.5, 0.6) is 0 Å². The molecule has 0 amide bonds. The highest BCUT2D eigenvalue weighted by Gasteiger charge is 2.18. The van der Waals surface area contributed by atoms with E-state index < -0.39 is 10.8 Å². The third kappa shape index (κ3) is 4.41. The molecule has 0 radical (unpaired) electrons. The molecule has 1 unspecified atom stereocenters. The van der Waals surface area contributed by atoms with Gasteiger partial charge in [-0.25, -0.2) is 0 Å². The summed E-state index contributed by atoms with van der Waals surface area (Å²) in [4.78, 5) is 0.695. The first-order chi connectivity index (χ1) is 7.85. The van der Waals surface area contributed by atoms with Gasteiger partial charge in [-0.05, 0) is 38.5 Å². The first-order valence-corrected chi connectivity index (χ1v) is 7.45. The van der Waals surface area contributed by atoms with Crippen LogP contribution >= 0.6 is 15.9 Å². The largest absolute Gasteiger partial charge is 0.398 e. The minimum atomic E-state index is -1.08. The van der Waals surface area contributed by atoms with Crippen LogP contribution in [0.1, 0.15) is 20.3 Å². The third-order valence-corrected chi connectivity index (χ3v) is 4.59. The number of nitrogens with two attached hydrogens (primary N) is 1. The topological polar surface area (TPSA) is 52.3 Å². The number of halogens is 1. The molecule has 3 nitrogen and oxygen atoms in total. The molecule has 0 heterocycles. The Morgan fingerprint density at radius 2 is 2.12 bits per heavy atom. The Morgan fingerprint density at radius 3 is 2.65 bits per heavy atom. The Kier molecular flexibility index (Phi) is 5.16. The molecule has 0 aliphatic rings. The highest BCUT2D eigenvalue weighted by molar-refractivity contribution is 9.10. The van der Waals surface area contributed by atoms with Crippen LogP contribution in [-0.2, 0) is 15.5 Å². The Hall–Kier alpha value is -0.390. The summed E-state index contributed by atoms with van der Waals surface area (Å²) in [6.45, 7) is 3.96. The molecule has 1 aromatic carbocycles. The van der Waals surface area contributed by atoms with Crippen molar-refractivity contribution < 1.29 is 8.95 Å². The summed E-state index contributed by atoms with van der Waals surface area (Å²) in [5.74, 6) is 0.548. The number of anilines is 1. The summed E-state index contributed by atoms with van der Waals surface area (Å²) in [7, 11) is 0.586. The second kappa shape index (κ2) is 5.98. The average molecular weight is 320 g/mol. The molecule has 0 saturated carbocycles. The molecule has 2 N–H and O–H groups in total. The van der Waals surface area contributed by atoms with Crippen LogP contribution in [0.25, 0.3) is 0 Å². The molecule has 0 aromatic heterocycles. The Morgan fingerprint density at radius 1 is 1.47 bits per heavy atom. The maximum absolute atomic E-state index is 12.1. The molecule has 0 aliphatic heterocycles. The number of nitrogen functional groups attached to an aromatic ring is 1. The molecule has 0 fully saturated rings. The van der Waals surface area contributed by atoms with E-state index in [1.807, 2.05) is 19.9 Å². The van der Waals surface area contributed by atoms with Gasteiger partial charge in [-0.15, -0.1) is 0 Å². The monoisotopic (exact) mass is 319 g/mol. The molecule has 17 heavy (non-hydrogen) atoms. The van der Waals surface area contributed by atoms with Crippen molar-refractivity contribution in [2.45, 2.75) is 30.8 Å². The highest BCUT2D eigenvalue weighted by Crippen LogP contribution is 2.23. The van der Waals surface area contributed by atoms with Gasteiger partial charge in [-0.2, -0.15) is 0 Å². The first-order valence-electron chi connectivity index (χ1n) is 5.34. The van der Waals surface area contributed by atoms with E-state index in [0.717, 1.165) is 10.9 Å². The van der Waals surface area contributed by atoms with Gasteiger partial charge in [0, 0.05) is 23.0 Å². The van der Waals surface area contributed by atoms with Gasteiger partial charge in [0.25, 0.3) is 0 Å². The quantitative estimate of drug-likeness (QED) is 0.849. The normalized spacial score (nSPS) is 13.6. The van der Waals surface area contributed by atoms with Crippen molar-refractivity contribution in [2.24, 2.45) is 0 Å². The predicted octanol–water partition coefficient (Wildman–Crippen LogP) is 2.95. The lowest BCUT2D eigenvalue weighted by molar-refractivity contribution is 0.0205. The lowest BCUT2D eigenvalue weighted by atomic mass is 10.1. The van der Waals surface area contributed by atoms with Crippen molar-refractivity contribution in [2.75, 3.05) is 18.6 Å². The Labute approximate surface area is 113 Å². The molecule has 96 valence electrons. The van der Waals surface area contributed by atoms with Crippen LogP contribution < -0.4 is 5.73 Å². The smallest absolute Gasteiger partial charge is 0.0631 e. The lowest BCUT2D eigenvalue weighted by Gasteiger charge is -2.22. The number of hydrogen-bond acceptors (Lipinski definition) is 3. The summed E-state index contributed by atoms with van der Waals surface area (Å²) < 4.78 is 18.3. The van der Waals surface area contributed by atoms with E-state index in [-0.39, 0.29) is 5.60 Å². The minimum Gasteiger partial charge on any atom is -0.398 e. The predicted molar refractivity (Wildman–Crippen MR) is 75.5 cm³/mol. The number of rotatable bonds is 5. The van der Waals surface area contributed by atoms with Crippen LogP contribution in [0.15, 0.2) is 27.6 Å². The average Bonchev–Trinajstić information content (AvgIpc) is 2.26. The van der Waals surface area contributed by atoms with Crippen molar-refractivity contribution >= 4 is 32.4 Å². The highest BCUT2D eigenvalue weighted by atomic mass is 79.9. The molecular weight excluding hydrogens is 302 g/mol. The fourth-order valence-electron chi connectivity index (χ4n) is 1.28. The SMILES string of the molecule is COC(C)(C)CCS(=O)c1ccc(Br)cc1N. The van der Waals surface area contributed by atoms with Crippen LogP contribution in [0.3, 0.4) is 0 Å². The Bertz CT molecular complexity index is 421. The summed E-state index contributed by atoms with van der Waals surface area (Å²) in [6, 6.07) is 5.43. The van der Waals surface area contributed by atoms with Crippen LogP contribution in [0.2, 0.25) is 0 Å². The molecular formula is C12H18BrNO2S. The van der Waals surface area contributed by atoms with Crippen molar-refractivity contribution in [3.63, 3.8) is 0 Å². The van der Waals surface area contributed by atoms with E-state index in [9.17, 15) is 4.21 Å². The molecule has 0 saturated heterocycles. The van der Waals surface area contributed by atoms with Crippen LogP contribution in [-0.4, -0.2) is 22.7 Å². The maximum atomic E-state index is 12.1. The lowest BCUT2D eigenvalue weighted by Crippen LogP contribution is -2.25. The fourth-order valence-corrected chi connectivity index (χ4v) is 3.09. The van der Waals surface area contributed by atoms with Gasteiger partial charge in [-0.1, -0.05) is 15.9 Å². The fraction of sp³-hybridized carbons (Fsp3) is 0.500. The van der Waals surface area contributed by atoms with Crippen LogP contribution in [0.4, 0.5) is 5.69 Å². The molecule has 1 rings (SSSR count). The van der Waals surface area contributed by atoms with Gasteiger partial charge in [0.05, 0.1) is 21.3 Å². The van der Waals surface area contributed by atoms with Crippen molar-refractivity contribution in [3.8, 4) is 0 Å². The van der Waals surface area contributed by atoms with Gasteiger partial charge >= 0.3 is 0 Å². The first kappa shape index (κ1) is 14.7.